The number of esters is 1. The number of carbonyl (C=O) groups excluding carboxylic acids is 1. The van der Waals surface area contributed by atoms with Crippen LogP contribution in [0.2, 0.25) is 0 Å². The molecular formula is C18H28O3. The van der Waals surface area contributed by atoms with Crippen LogP contribution in [0.15, 0.2) is 24.3 Å². The van der Waals surface area contributed by atoms with Crippen molar-refractivity contribution in [1.29, 1.82) is 0 Å². The van der Waals surface area contributed by atoms with E-state index in [1.54, 1.807) is 7.11 Å². The highest BCUT2D eigenvalue weighted by molar-refractivity contribution is 5.68. The number of rotatable bonds is 9. The maximum Gasteiger partial charge on any atom is 0.305 e. The van der Waals surface area contributed by atoms with Crippen LogP contribution in [0.25, 0.3) is 0 Å². The van der Waals surface area contributed by atoms with Gasteiger partial charge < -0.3 is 9.47 Å². The lowest BCUT2D eigenvalue weighted by Gasteiger charge is -2.26. The number of hydrogen-bond acceptors (Lipinski definition) is 3. The van der Waals surface area contributed by atoms with Gasteiger partial charge in [-0.3, -0.25) is 4.79 Å². The zero-order chi connectivity index (χ0) is 15.7. The first-order valence-electron chi connectivity index (χ1n) is 7.95. The van der Waals surface area contributed by atoms with Crippen molar-refractivity contribution < 1.29 is 14.3 Å². The molecule has 0 fully saturated rings. The minimum Gasteiger partial charge on any atom is -0.497 e. The molecule has 0 aliphatic carbocycles. The summed E-state index contributed by atoms with van der Waals surface area (Å²) in [6.07, 6.45) is 3.68. The summed E-state index contributed by atoms with van der Waals surface area (Å²) < 4.78 is 10.6. The van der Waals surface area contributed by atoms with Gasteiger partial charge in [-0.25, -0.2) is 0 Å². The molecule has 0 amide bonds. The van der Waals surface area contributed by atoms with E-state index in [4.69, 9.17) is 9.47 Å². The topological polar surface area (TPSA) is 35.5 Å². The van der Waals surface area contributed by atoms with Gasteiger partial charge in [0.1, 0.15) is 5.75 Å². The summed E-state index contributed by atoms with van der Waals surface area (Å²) in [6.45, 7) is 6.70. The van der Waals surface area contributed by atoms with Gasteiger partial charge >= 0.3 is 5.97 Å². The number of carbonyl (C=O) groups is 1. The van der Waals surface area contributed by atoms with Crippen molar-refractivity contribution in [1.82, 2.24) is 0 Å². The van der Waals surface area contributed by atoms with E-state index < -0.39 is 0 Å². The molecule has 1 rings (SSSR count). The average Bonchev–Trinajstić information content (AvgIpc) is 2.54. The van der Waals surface area contributed by atoms with Gasteiger partial charge in [-0.15, -0.1) is 0 Å². The van der Waals surface area contributed by atoms with Crippen LogP contribution < -0.4 is 4.74 Å². The molecule has 3 nitrogen and oxygen atoms in total. The second kappa shape index (κ2) is 9.43. The zero-order valence-electron chi connectivity index (χ0n) is 13.7. The molecule has 118 valence electrons. The Bertz CT molecular complexity index is 411. The van der Waals surface area contributed by atoms with Gasteiger partial charge in [0.05, 0.1) is 13.7 Å². The summed E-state index contributed by atoms with van der Waals surface area (Å²) >= 11 is 0. The van der Waals surface area contributed by atoms with Crippen LogP contribution in [-0.4, -0.2) is 19.7 Å². The number of methoxy groups -OCH3 is 1. The SMILES string of the molecule is CCCC(c1ccc(OC)cc1)C(CC)COC(=O)CC. The lowest BCUT2D eigenvalue weighted by atomic mass is 9.82. The summed E-state index contributed by atoms with van der Waals surface area (Å²) in [6, 6.07) is 8.26. The monoisotopic (exact) mass is 292 g/mol. The predicted molar refractivity (Wildman–Crippen MR) is 85.7 cm³/mol. The molecule has 0 saturated carbocycles. The lowest BCUT2D eigenvalue weighted by molar-refractivity contribution is -0.144. The standard InChI is InChI=1S/C18H28O3/c1-5-8-17(14(6-2)13-21-18(19)7-3)15-9-11-16(20-4)12-10-15/h9-12,14,17H,5-8,13H2,1-4H3. The highest BCUT2D eigenvalue weighted by atomic mass is 16.5. The summed E-state index contributed by atoms with van der Waals surface area (Å²) in [5.74, 6) is 1.56. The Morgan fingerprint density at radius 1 is 1.14 bits per heavy atom. The summed E-state index contributed by atoms with van der Waals surface area (Å²) in [7, 11) is 1.68. The molecule has 1 aromatic rings. The summed E-state index contributed by atoms with van der Waals surface area (Å²) in [5, 5.41) is 0. The van der Waals surface area contributed by atoms with E-state index in [1.807, 2.05) is 19.1 Å². The van der Waals surface area contributed by atoms with Crippen LogP contribution in [0, 0.1) is 5.92 Å². The van der Waals surface area contributed by atoms with Gasteiger partial charge in [0.15, 0.2) is 0 Å². The van der Waals surface area contributed by atoms with Gasteiger partial charge in [0.25, 0.3) is 0 Å². The van der Waals surface area contributed by atoms with Crippen LogP contribution >= 0.6 is 0 Å². The maximum absolute atomic E-state index is 11.4. The predicted octanol–water partition coefficient (Wildman–Crippen LogP) is 4.56. The van der Waals surface area contributed by atoms with E-state index in [0.717, 1.165) is 25.0 Å². The summed E-state index contributed by atoms with van der Waals surface area (Å²) in [5.41, 5.74) is 1.30. The minimum atomic E-state index is -0.113. The van der Waals surface area contributed by atoms with E-state index in [-0.39, 0.29) is 5.97 Å². The van der Waals surface area contributed by atoms with E-state index in [9.17, 15) is 4.79 Å². The second-order valence-electron chi connectivity index (χ2n) is 5.37. The van der Waals surface area contributed by atoms with Gasteiger partial charge in [-0.2, -0.15) is 0 Å². The Labute approximate surface area is 128 Å². The molecule has 0 aromatic heterocycles. The van der Waals surface area contributed by atoms with Crippen molar-refractivity contribution in [3.63, 3.8) is 0 Å². The molecule has 1 aromatic carbocycles. The van der Waals surface area contributed by atoms with E-state index in [1.165, 1.54) is 5.56 Å². The second-order valence-corrected chi connectivity index (χ2v) is 5.37. The Morgan fingerprint density at radius 2 is 1.81 bits per heavy atom. The summed E-state index contributed by atoms with van der Waals surface area (Å²) in [4.78, 5) is 11.4. The fraction of sp³-hybridized carbons (Fsp3) is 0.611. The maximum atomic E-state index is 11.4. The molecule has 2 atom stereocenters. The number of benzene rings is 1. The fourth-order valence-corrected chi connectivity index (χ4v) is 2.66. The molecular weight excluding hydrogens is 264 g/mol. The fourth-order valence-electron chi connectivity index (χ4n) is 2.66. The number of hydrogen-bond donors (Lipinski definition) is 0. The van der Waals surface area contributed by atoms with E-state index in [0.29, 0.717) is 24.9 Å². The highest BCUT2D eigenvalue weighted by Crippen LogP contribution is 2.33. The van der Waals surface area contributed by atoms with Crippen LogP contribution in [0.1, 0.15) is 57.9 Å². The highest BCUT2D eigenvalue weighted by Gasteiger charge is 2.22. The van der Waals surface area contributed by atoms with Gasteiger partial charge in [-0.1, -0.05) is 39.3 Å². The van der Waals surface area contributed by atoms with Crippen LogP contribution in [0.4, 0.5) is 0 Å². The Morgan fingerprint density at radius 3 is 2.29 bits per heavy atom. The van der Waals surface area contributed by atoms with Crippen molar-refractivity contribution in [2.45, 2.75) is 52.4 Å². The van der Waals surface area contributed by atoms with Crippen molar-refractivity contribution in [2.24, 2.45) is 5.92 Å². The lowest BCUT2D eigenvalue weighted by Crippen LogP contribution is -2.20. The first-order valence-corrected chi connectivity index (χ1v) is 7.95. The Kier molecular flexibility index (Phi) is 7.88. The quantitative estimate of drug-likeness (QED) is 0.626. The normalized spacial score (nSPS) is 13.5. The van der Waals surface area contributed by atoms with Crippen LogP contribution in [-0.2, 0) is 9.53 Å². The molecule has 0 aliphatic rings. The minimum absolute atomic E-state index is 0.113. The third-order valence-corrected chi connectivity index (χ3v) is 3.98. The van der Waals surface area contributed by atoms with Crippen molar-refractivity contribution >= 4 is 5.97 Å². The van der Waals surface area contributed by atoms with E-state index >= 15 is 0 Å². The van der Waals surface area contributed by atoms with Crippen molar-refractivity contribution in [3.05, 3.63) is 29.8 Å². The molecule has 0 saturated heterocycles. The molecule has 3 heteroatoms. The number of ether oxygens (including phenoxy) is 2. The molecule has 0 N–H and O–H groups in total. The van der Waals surface area contributed by atoms with Gasteiger partial charge in [0, 0.05) is 6.42 Å². The molecule has 0 radical (unpaired) electrons. The molecule has 0 heterocycles. The molecule has 2 unspecified atom stereocenters. The van der Waals surface area contributed by atoms with Gasteiger partial charge in [0.2, 0.25) is 0 Å². The Balaban J connectivity index is 2.82. The molecule has 0 bridgehead atoms. The first-order chi connectivity index (χ1) is 10.2. The molecule has 21 heavy (non-hydrogen) atoms. The largest absolute Gasteiger partial charge is 0.497 e. The van der Waals surface area contributed by atoms with Crippen molar-refractivity contribution in [2.75, 3.05) is 13.7 Å². The van der Waals surface area contributed by atoms with Crippen molar-refractivity contribution in [3.8, 4) is 5.75 Å². The van der Waals surface area contributed by atoms with Crippen LogP contribution in [0.5, 0.6) is 5.75 Å². The molecule has 0 spiro atoms. The van der Waals surface area contributed by atoms with Gasteiger partial charge in [-0.05, 0) is 42.4 Å². The average molecular weight is 292 g/mol. The first kappa shape index (κ1) is 17.5. The molecule has 0 aliphatic heterocycles. The van der Waals surface area contributed by atoms with Crippen LogP contribution in [0.3, 0.4) is 0 Å². The third-order valence-electron chi connectivity index (χ3n) is 3.98. The zero-order valence-corrected chi connectivity index (χ0v) is 13.7. The Hall–Kier alpha value is -1.51. The third kappa shape index (κ3) is 5.41. The smallest absolute Gasteiger partial charge is 0.305 e. The van der Waals surface area contributed by atoms with E-state index in [2.05, 4.69) is 26.0 Å².